The highest BCUT2D eigenvalue weighted by molar-refractivity contribution is 7.92. The highest BCUT2D eigenvalue weighted by Gasteiger charge is 2.39. The van der Waals surface area contributed by atoms with Crippen LogP contribution in [-0.2, 0) is 20.0 Å². The van der Waals surface area contributed by atoms with Crippen LogP contribution in [0, 0.1) is 0 Å². The lowest BCUT2D eigenvalue weighted by Crippen LogP contribution is -2.54. The van der Waals surface area contributed by atoms with Gasteiger partial charge in [-0.15, -0.1) is 0 Å². The Labute approximate surface area is 133 Å². The molecule has 5 heteroatoms. The number of hydrogen-bond acceptors (Lipinski definition) is 3. The van der Waals surface area contributed by atoms with Crippen LogP contribution in [0.3, 0.4) is 0 Å². The van der Waals surface area contributed by atoms with E-state index in [0.29, 0.717) is 13.0 Å². The third-order valence-corrected chi connectivity index (χ3v) is 7.10. The van der Waals surface area contributed by atoms with Crippen molar-refractivity contribution in [2.24, 2.45) is 0 Å². The fraction of sp³-hybridized carbons (Fsp3) is 0.588. The molecule has 2 atom stereocenters. The molecule has 1 saturated heterocycles. The summed E-state index contributed by atoms with van der Waals surface area (Å²) >= 11 is 0. The van der Waals surface area contributed by atoms with Gasteiger partial charge in [0.15, 0.2) is 9.84 Å². The third kappa shape index (κ3) is 3.35. The summed E-state index contributed by atoms with van der Waals surface area (Å²) in [6, 6.07) is 9.69. The number of hydrogen-bond donors (Lipinski definition) is 0. The third-order valence-electron chi connectivity index (χ3n) is 4.82. The second-order valence-corrected chi connectivity index (χ2v) is 9.30. The zero-order valence-corrected chi connectivity index (χ0v) is 14.6. The van der Waals surface area contributed by atoms with Crippen molar-refractivity contribution in [3.05, 3.63) is 35.9 Å². The largest absolute Gasteiger partial charge is 0.338 e. The molecule has 1 aliphatic rings. The molecule has 0 radical (unpaired) electrons. The maximum Gasteiger partial charge on any atom is 0.223 e. The molecule has 22 heavy (non-hydrogen) atoms. The van der Waals surface area contributed by atoms with Crippen molar-refractivity contribution in [1.29, 1.82) is 0 Å². The van der Waals surface area contributed by atoms with E-state index >= 15 is 0 Å². The van der Waals surface area contributed by atoms with Crippen LogP contribution in [0.25, 0.3) is 0 Å². The first-order valence-electron chi connectivity index (χ1n) is 7.72. The molecule has 4 nitrogen and oxygen atoms in total. The Balaban J connectivity index is 2.13. The van der Waals surface area contributed by atoms with Gasteiger partial charge >= 0.3 is 0 Å². The smallest absolute Gasteiger partial charge is 0.223 e. The van der Waals surface area contributed by atoms with Gasteiger partial charge < -0.3 is 4.90 Å². The number of benzene rings is 1. The van der Waals surface area contributed by atoms with E-state index in [4.69, 9.17) is 0 Å². The highest BCUT2D eigenvalue weighted by atomic mass is 32.2. The van der Waals surface area contributed by atoms with Gasteiger partial charge in [0.2, 0.25) is 5.91 Å². The SMILES string of the molecule is C[C@@H]1[C@H](C)N(C(=O)CC(C)(C)c2ccccc2)CCS1(=O)=O. The maximum absolute atomic E-state index is 12.7. The van der Waals surface area contributed by atoms with Crippen LogP contribution >= 0.6 is 0 Å². The van der Waals surface area contributed by atoms with E-state index in [2.05, 4.69) is 13.8 Å². The van der Waals surface area contributed by atoms with Crippen molar-refractivity contribution in [3.8, 4) is 0 Å². The number of rotatable bonds is 3. The van der Waals surface area contributed by atoms with Crippen LogP contribution in [0.2, 0.25) is 0 Å². The predicted octanol–water partition coefficient (Wildman–Crippen LogP) is 2.39. The molecule has 1 fully saturated rings. The highest BCUT2D eigenvalue weighted by Crippen LogP contribution is 2.29. The maximum atomic E-state index is 12.7. The van der Waals surface area contributed by atoms with Gasteiger partial charge in [-0.05, 0) is 24.8 Å². The Morgan fingerprint density at radius 3 is 2.41 bits per heavy atom. The van der Waals surface area contributed by atoms with Gasteiger partial charge in [0.05, 0.1) is 11.0 Å². The molecule has 1 aromatic carbocycles. The second kappa shape index (κ2) is 6.03. The quantitative estimate of drug-likeness (QED) is 0.858. The Kier molecular flexibility index (Phi) is 4.66. The predicted molar refractivity (Wildman–Crippen MR) is 88.5 cm³/mol. The van der Waals surface area contributed by atoms with Crippen molar-refractivity contribution < 1.29 is 13.2 Å². The van der Waals surface area contributed by atoms with Gasteiger partial charge in [-0.3, -0.25) is 4.79 Å². The first-order chi connectivity index (χ1) is 10.1. The topological polar surface area (TPSA) is 54.5 Å². The van der Waals surface area contributed by atoms with Gasteiger partial charge in [-0.25, -0.2) is 8.42 Å². The summed E-state index contributed by atoms with van der Waals surface area (Å²) in [5.74, 6) is 0.0961. The van der Waals surface area contributed by atoms with Crippen molar-refractivity contribution in [1.82, 2.24) is 4.90 Å². The molecule has 0 bridgehead atoms. The van der Waals surface area contributed by atoms with Gasteiger partial charge in [0.1, 0.15) is 0 Å². The summed E-state index contributed by atoms with van der Waals surface area (Å²) < 4.78 is 23.9. The fourth-order valence-corrected chi connectivity index (χ4v) is 4.56. The monoisotopic (exact) mass is 323 g/mol. The van der Waals surface area contributed by atoms with E-state index in [-0.39, 0.29) is 23.1 Å². The molecule has 0 aliphatic carbocycles. The lowest BCUT2D eigenvalue weighted by atomic mass is 9.81. The summed E-state index contributed by atoms with van der Waals surface area (Å²) in [6.07, 6.45) is 0.383. The number of nitrogens with zero attached hydrogens (tertiary/aromatic N) is 1. The molecule has 0 saturated carbocycles. The van der Waals surface area contributed by atoms with E-state index in [0.717, 1.165) is 5.56 Å². The lowest BCUT2D eigenvalue weighted by Gasteiger charge is -2.39. The van der Waals surface area contributed by atoms with E-state index in [1.165, 1.54) is 0 Å². The molecule has 1 amide bonds. The molecule has 0 aromatic heterocycles. The van der Waals surface area contributed by atoms with Crippen molar-refractivity contribution in [3.63, 3.8) is 0 Å². The van der Waals surface area contributed by atoms with Gasteiger partial charge in [-0.2, -0.15) is 0 Å². The minimum absolute atomic E-state index is 0.0307. The molecule has 1 aromatic rings. The van der Waals surface area contributed by atoms with Gasteiger partial charge in [-0.1, -0.05) is 44.2 Å². The standard InChI is InChI=1S/C17H25NO3S/c1-13-14(2)22(20,21)11-10-18(13)16(19)12-17(3,4)15-8-6-5-7-9-15/h5-9,13-14H,10-12H2,1-4H3/t13-,14+/m0/s1. The zero-order valence-electron chi connectivity index (χ0n) is 13.7. The molecular weight excluding hydrogens is 298 g/mol. The van der Waals surface area contributed by atoms with E-state index in [1.54, 1.807) is 11.8 Å². The number of carbonyl (C=O) groups excluding carboxylic acids is 1. The summed E-state index contributed by atoms with van der Waals surface area (Å²) in [7, 11) is -3.07. The van der Waals surface area contributed by atoms with E-state index in [1.807, 2.05) is 37.3 Å². The van der Waals surface area contributed by atoms with Crippen LogP contribution in [0.1, 0.15) is 39.7 Å². The minimum atomic E-state index is -3.07. The molecule has 1 heterocycles. The lowest BCUT2D eigenvalue weighted by molar-refractivity contribution is -0.134. The first kappa shape index (κ1) is 17.0. The van der Waals surface area contributed by atoms with Crippen LogP contribution in [0.15, 0.2) is 30.3 Å². The van der Waals surface area contributed by atoms with Crippen LogP contribution in [0.4, 0.5) is 0 Å². The fourth-order valence-electron chi connectivity index (χ4n) is 2.99. The first-order valence-corrected chi connectivity index (χ1v) is 9.43. The number of sulfone groups is 1. The van der Waals surface area contributed by atoms with E-state index < -0.39 is 15.1 Å². The Bertz CT molecular complexity index is 637. The average Bonchev–Trinajstić information content (AvgIpc) is 2.45. The Morgan fingerprint density at radius 2 is 1.82 bits per heavy atom. The van der Waals surface area contributed by atoms with Gasteiger partial charge in [0, 0.05) is 19.0 Å². The summed E-state index contributed by atoms with van der Waals surface area (Å²) in [5.41, 5.74) is 0.853. The van der Waals surface area contributed by atoms with Crippen molar-refractivity contribution >= 4 is 15.7 Å². The second-order valence-electron chi connectivity index (χ2n) is 6.83. The summed E-state index contributed by atoms with van der Waals surface area (Å²) in [4.78, 5) is 14.4. The molecule has 2 rings (SSSR count). The molecule has 122 valence electrons. The zero-order chi connectivity index (χ0) is 16.5. The molecule has 0 unspecified atom stereocenters. The van der Waals surface area contributed by atoms with Crippen LogP contribution in [-0.4, -0.2) is 42.8 Å². The Morgan fingerprint density at radius 1 is 1.23 bits per heavy atom. The normalized spacial score (nSPS) is 25.0. The van der Waals surface area contributed by atoms with Gasteiger partial charge in [0.25, 0.3) is 0 Å². The molecule has 0 N–H and O–H groups in total. The van der Waals surface area contributed by atoms with Crippen LogP contribution < -0.4 is 0 Å². The Hall–Kier alpha value is -1.36. The average molecular weight is 323 g/mol. The van der Waals surface area contributed by atoms with Crippen molar-refractivity contribution in [2.45, 2.75) is 50.8 Å². The molecular formula is C17H25NO3S. The molecule has 0 spiro atoms. The summed E-state index contributed by atoms with van der Waals surface area (Å²) in [6.45, 7) is 7.93. The number of amides is 1. The molecule has 1 aliphatic heterocycles. The summed E-state index contributed by atoms with van der Waals surface area (Å²) in [5, 5.41) is -0.495. The van der Waals surface area contributed by atoms with Crippen molar-refractivity contribution in [2.75, 3.05) is 12.3 Å². The van der Waals surface area contributed by atoms with E-state index in [9.17, 15) is 13.2 Å². The number of carbonyl (C=O) groups is 1. The minimum Gasteiger partial charge on any atom is -0.338 e. The van der Waals surface area contributed by atoms with Crippen LogP contribution in [0.5, 0.6) is 0 Å².